The van der Waals surface area contributed by atoms with Crippen LogP contribution < -0.4 is 4.90 Å². The number of anilines is 1. The standard InChI is InChI=1S/C26H27ClN2O2/c27-20-15-13-19(14-16-20)23-24(28-17-7-9-18-8-5-6-12-22(18)28)26(31)29(25(23)30)21-10-3-1-2-4-11-21/h5-6,8,12-16,21H,1-4,7,9-11,17H2. The minimum absolute atomic E-state index is 0.0117. The SMILES string of the molecule is O=C1C(c2ccc(Cl)cc2)=C(N2CCCc3ccccc32)C(=O)N1C1CCCCCC1. The van der Waals surface area contributed by atoms with Crippen molar-refractivity contribution in [2.75, 3.05) is 11.4 Å². The van der Waals surface area contributed by atoms with E-state index in [4.69, 9.17) is 11.6 Å². The Balaban J connectivity index is 1.63. The molecule has 0 saturated heterocycles. The number of carbonyl (C=O) groups is 2. The zero-order valence-corrected chi connectivity index (χ0v) is 18.4. The Kier molecular flexibility index (Phi) is 5.58. The molecule has 31 heavy (non-hydrogen) atoms. The van der Waals surface area contributed by atoms with Gasteiger partial charge in [-0.25, -0.2) is 0 Å². The average Bonchev–Trinajstić information content (AvgIpc) is 2.95. The Labute approximate surface area is 188 Å². The van der Waals surface area contributed by atoms with Crippen molar-refractivity contribution >= 4 is 34.7 Å². The van der Waals surface area contributed by atoms with Crippen LogP contribution in [0, 0.1) is 0 Å². The van der Waals surface area contributed by atoms with Gasteiger partial charge in [-0.05, 0) is 55.0 Å². The molecular weight excluding hydrogens is 408 g/mol. The number of carbonyl (C=O) groups excluding carboxylic acids is 2. The van der Waals surface area contributed by atoms with Gasteiger partial charge in [-0.2, -0.15) is 0 Å². The predicted molar refractivity (Wildman–Crippen MR) is 124 cm³/mol. The van der Waals surface area contributed by atoms with Crippen LogP contribution in [0.3, 0.4) is 0 Å². The molecule has 1 aliphatic carbocycles. The number of rotatable bonds is 3. The molecule has 0 bridgehead atoms. The van der Waals surface area contributed by atoms with Crippen LogP contribution in [0.5, 0.6) is 0 Å². The molecule has 2 amide bonds. The summed E-state index contributed by atoms with van der Waals surface area (Å²) in [7, 11) is 0. The predicted octanol–water partition coefficient (Wildman–Crippen LogP) is 5.60. The molecule has 5 heteroatoms. The van der Waals surface area contributed by atoms with Crippen molar-refractivity contribution in [1.29, 1.82) is 0 Å². The molecule has 160 valence electrons. The average molecular weight is 435 g/mol. The fraction of sp³-hybridized carbons (Fsp3) is 0.385. The third-order valence-electron chi connectivity index (χ3n) is 6.79. The summed E-state index contributed by atoms with van der Waals surface area (Å²) in [6, 6.07) is 15.5. The topological polar surface area (TPSA) is 40.6 Å². The van der Waals surface area contributed by atoms with Crippen LogP contribution in [-0.2, 0) is 16.0 Å². The van der Waals surface area contributed by atoms with Crippen molar-refractivity contribution < 1.29 is 9.59 Å². The van der Waals surface area contributed by atoms with Gasteiger partial charge in [0, 0.05) is 23.3 Å². The normalized spacial score (nSPS) is 20.3. The lowest BCUT2D eigenvalue weighted by Crippen LogP contribution is -2.43. The van der Waals surface area contributed by atoms with Crippen LogP contribution in [0.4, 0.5) is 5.69 Å². The summed E-state index contributed by atoms with van der Waals surface area (Å²) in [4.78, 5) is 31.3. The van der Waals surface area contributed by atoms with E-state index in [1.807, 2.05) is 24.3 Å². The largest absolute Gasteiger partial charge is 0.336 e. The minimum atomic E-state index is -0.155. The highest BCUT2D eigenvalue weighted by Crippen LogP contribution is 2.40. The number of para-hydroxylation sites is 1. The first kappa shape index (κ1) is 20.3. The van der Waals surface area contributed by atoms with Gasteiger partial charge in [0.25, 0.3) is 11.8 Å². The summed E-state index contributed by atoms with van der Waals surface area (Å²) in [5.41, 5.74) is 4.08. The molecule has 0 atom stereocenters. The van der Waals surface area contributed by atoms with E-state index in [-0.39, 0.29) is 17.9 Å². The maximum Gasteiger partial charge on any atom is 0.278 e. The second-order valence-corrected chi connectivity index (χ2v) is 9.18. The first-order valence-corrected chi connectivity index (χ1v) is 11.8. The van der Waals surface area contributed by atoms with Crippen LogP contribution in [-0.4, -0.2) is 29.3 Å². The lowest BCUT2D eigenvalue weighted by atomic mass is 9.98. The molecule has 1 saturated carbocycles. The zero-order valence-electron chi connectivity index (χ0n) is 17.6. The van der Waals surface area contributed by atoms with Gasteiger partial charge in [-0.15, -0.1) is 0 Å². The quantitative estimate of drug-likeness (QED) is 0.466. The van der Waals surface area contributed by atoms with Crippen LogP contribution >= 0.6 is 11.6 Å². The molecule has 0 unspecified atom stereocenters. The van der Waals surface area contributed by atoms with E-state index in [0.717, 1.165) is 56.3 Å². The molecule has 3 aliphatic rings. The highest BCUT2D eigenvalue weighted by atomic mass is 35.5. The summed E-state index contributed by atoms with van der Waals surface area (Å²) in [6.07, 6.45) is 8.24. The van der Waals surface area contributed by atoms with Gasteiger partial charge < -0.3 is 4.90 Å². The van der Waals surface area contributed by atoms with Crippen LogP contribution in [0.15, 0.2) is 54.2 Å². The van der Waals surface area contributed by atoms with Gasteiger partial charge in [0.2, 0.25) is 0 Å². The maximum atomic E-state index is 13.9. The fourth-order valence-corrected chi connectivity index (χ4v) is 5.40. The van der Waals surface area contributed by atoms with Gasteiger partial charge in [-0.3, -0.25) is 14.5 Å². The van der Waals surface area contributed by atoms with Crippen LogP contribution in [0.2, 0.25) is 5.02 Å². The zero-order chi connectivity index (χ0) is 21.4. The van der Waals surface area contributed by atoms with Crippen molar-refractivity contribution in [3.63, 3.8) is 0 Å². The molecule has 4 nitrogen and oxygen atoms in total. The summed E-state index contributed by atoms with van der Waals surface area (Å²) in [5.74, 6) is -0.296. The lowest BCUT2D eigenvalue weighted by molar-refractivity contribution is -0.139. The number of hydrogen-bond donors (Lipinski definition) is 0. The van der Waals surface area contributed by atoms with Crippen LogP contribution in [0.25, 0.3) is 5.57 Å². The van der Waals surface area contributed by atoms with Crippen molar-refractivity contribution in [1.82, 2.24) is 4.90 Å². The summed E-state index contributed by atoms with van der Waals surface area (Å²) < 4.78 is 0. The first-order valence-electron chi connectivity index (χ1n) is 11.4. The van der Waals surface area contributed by atoms with E-state index < -0.39 is 0 Å². The molecule has 2 heterocycles. The van der Waals surface area contributed by atoms with Gasteiger partial charge in [0.1, 0.15) is 5.70 Å². The number of nitrogens with zero attached hydrogens (tertiary/aromatic N) is 2. The summed E-state index contributed by atoms with van der Waals surface area (Å²) >= 11 is 6.12. The molecule has 0 radical (unpaired) electrons. The second kappa shape index (κ2) is 8.51. The third-order valence-corrected chi connectivity index (χ3v) is 7.05. The molecule has 2 aromatic rings. The highest BCUT2D eigenvalue weighted by molar-refractivity contribution is 6.37. The minimum Gasteiger partial charge on any atom is -0.336 e. The number of amides is 2. The summed E-state index contributed by atoms with van der Waals surface area (Å²) in [6.45, 7) is 0.737. The number of benzene rings is 2. The fourth-order valence-electron chi connectivity index (χ4n) is 5.28. The lowest BCUT2D eigenvalue weighted by Gasteiger charge is -2.33. The first-order chi connectivity index (χ1) is 15.1. The van der Waals surface area contributed by atoms with Crippen molar-refractivity contribution in [3.8, 4) is 0 Å². The van der Waals surface area contributed by atoms with Gasteiger partial charge in [0.05, 0.1) is 5.57 Å². The molecule has 0 N–H and O–H groups in total. The second-order valence-electron chi connectivity index (χ2n) is 8.74. The van der Waals surface area contributed by atoms with E-state index in [9.17, 15) is 9.59 Å². The number of imide groups is 1. The molecule has 5 rings (SSSR count). The number of aryl methyl sites for hydroxylation is 1. The molecular formula is C26H27ClN2O2. The van der Waals surface area contributed by atoms with E-state index in [1.165, 1.54) is 18.4 Å². The van der Waals surface area contributed by atoms with Gasteiger partial charge >= 0.3 is 0 Å². The smallest absolute Gasteiger partial charge is 0.278 e. The maximum absolute atomic E-state index is 13.9. The highest BCUT2D eigenvalue weighted by Gasteiger charge is 2.45. The molecule has 1 fully saturated rings. The Hall–Kier alpha value is -2.59. The van der Waals surface area contributed by atoms with E-state index in [0.29, 0.717) is 16.3 Å². The monoisotopic (exact) mass is 434 g/mol. The van der Waals surface area contributed by atoms with Gasteiger partial charge in [-0.1, -0.05) is 67.6 Å². The molecule has 2 aliphatic heterocycles. The molecule has 0 spiro atoms. The van der Waals surface area contributed by atoms with E-state index >= 15 is 0 Å². The Morgan fingerprint density at radius 2 is 1.52 bits per heavy atom. The molecule has 0 aromatic heterocycles. The van der Waals surface area contributed by atoms with E-state index in [1.54, 1.807) is 17.0 Å². The number of hydrogen-bond acceptors (Lipinski definition) is 3. The van der Waals surface area contributed by atoms with Crippen molar-refractivity contribution in [3.05, 3.63) is 70.4 Å². The number of halogens is 1. The van der Waals surface area contributed by atoms with Crippen LogP contribution in [0.1, 0.15) is 56.1 Å². The number of fused-ring (bicyclic) bond motifs is 1. The summed E-state index contributed by atoms with van der Waals surface area (Å²) in [5, 5.41) is 0.617. The Morgan fingerprint density at radius 3 is 2.26 bits per heavy atom. The van der Waals surface area contributed by atoms with Gasteiger partial charge in [0.15, 0.2) is 0 Å². The van der Waals surface area contributed by atoms with E-state index in [2.05, 4.69) is 17.0 Å². The Morgan fingerprint density at radius 1 is 0.806 bits per heavy atom. The van der Waals surface area contributed by atoms with Crippen molar-refractivity contribution in [2.45, 2.75) is 57.4 Å². The van der Waals surface area contributed by atoms with Crippen molar-refractivity contribution in [2.24, 2.45) is 0 Å². The molecule has 2 aromatic carbocycles. The Bertz CT molecular complexity index is 1040. The third kappa shape index (κ3) is 3.67.